The number of amides is 5. The summed E-state index contributed by atoms with van der Waals surface area (Å²) < 4.78 is 22.1. The molecule has 5 fully saturated rings. The number of unbranched alkanes of at least 4 members (excludes halogenated alkanes) is 14. The lowest BCUT2D eigenvalue weighted by Gasteiger charge is -2.61. The van der Waals surface area contributed by atoms with Gasteiger partial charge in [-0.3, -0.25) is 28.8 Å². The molecule has 506 valence electrons. The quantitative estimate of drug-likeness (QED) is 0.0284. The fourth-order valence-corrected chi connectivity index (χ4v) is 16.5. The first-order chi connectivity index (χ1) is 42.7. The van der Waals surface area contributed by atoms with Gasteiger partial charge in [0.25, 0.3) is 0 Å². The molecule has 17 nitrogen and oxygen atoms in total. The maximum absolute atomic E-state index is 14.2. The second-order valence-corrected chi connectivity index (χ2v) is 27.9. The van der Waals surface area contributed by atoms with E-state index in [0.29, 0.717) is 133 Å². The van der Waals surface area contributed by atoms with Crippen molar-refractivity contribution in [2.45, 2.75) is 252 Å². The van der Waals surface area contributed by atoms with Crippen molar-refractivity contribution in [3.05, 3.63) is 12.2 Å². The summed E-state index contributed by atoms with van der Waals surface area (Å²) in [6, 6.07) is 0.0547. The number of nitrogens with one attached hydrogen (secondary N) is 3. The van der Waals surface area contributed by atoms with Crippen molar-refractivity contribution in [3.63, 3.8) is 0 Å². The number of Topliss-reactive ketones (excluding diaryl/α,β-unsaturated/α-hetero) is 1. The van der Waals surface area contributed by atoms with E-state index in [-0.39, 0.29) is 105 Å². The molecule has 6 unspecified atom stereocenters. The summed E-state index contributed by atoms with van der Waals surface area (Å²) in [7, 11) is 1.59. The van der Waals surface area contributed by atoms with Crippen molar-refractivity contribution in [2.24, 2.45) is 52.3 Å². The summed E-state index contributed by atoms with van der Waals surface area (Å²) in [5.41, 5.74) is 0.537. The number of aliphatic hydroxyl groups excluding tert-OH is 2. The van der Waals surface area contributed by atoms with E-state index in [1.54, 1.807) is 11.9 Å². The van der Waals surface area contributed by atoms with Gasteiger partial charge >= 0.3 is 0 Å². The molecule has 1 aliphatic heterocycles. The van der Waals surface area contributed by atoms with Gasteiger partial charge in [0.05, 0.1) is 78.6 Å². The molecule has 88 heavy (non-hydrogen) atoms. The number of ether oxygens (including phenoxy) is 4. The molecule has 0 aromatic rings. The zero-order valence-corrected chi connectivity index (χ0v) is 56.0. The van der Waals surface area contributed by atoms with E-state index in [1.807, 2.05) is 0 Å². The van der Waals surface area contributed by atoms with Crippen molar-refractivity contribution >= 4 is 35.3 Å². The van der Waals surface area contributed by atoms with Crippen molar-refractivity contribution in [3.8, 4) is 0 Å². The summed E-state index contributed by atoms with van der Waals surface area (Å²) in [5.74, 6) is 3.19. The van der Waals surface area contributed by atoms with Crippen LogP contribution in [0, 0.1) is 52.3 Å². The Kier molecular flexibility index (Phi) is 36.4. The molecule has 0 aromatic carbocycles. The Morgan fingerprint density at radius 3 is 1.86 bits per heavy atom. The smallest absolute Gasteiger partial charge is 0.239 e. The average molecular weight is 1240 g/mol. The molecule has 4 saturated carbocycles. The van der Waals surface area contributed by atoms with Gasteiger partial charge in [-0.25, -0.2) is 0 Å². The molecular formula is C71H125N5O12. The fraction of sp³-hybridized carbons (Fsp3) is 0.887. The SMILES string of the molecule is CCCCCCCC/C=C\CCCCCCCC(=O)N[C@H]1CC[C@@]2(C)C(CCC3C4CCC(C(C)CCC(=O)N(CC(=O)CCCCCCC(=O)N5C[C@H](CO)C[C@H]5CO)CC(=O)NCCOCCOCCOCCOCCC(=O)NC)[C@@]4(C)CCC32)C1. The van der Waals surface area contributed by atoms with Crippen LogP contribution in [0.2, 0.25) is 0 Å². The Hall–Kier alpha value is -3.48. The summed E-state index contributed by atoms with van der Waals surface area (Å²) in [5, 5.41) is 28.3. The number of likely N-dealkylation sites (tertiary alicyclic amines) is 1. The highest BCUT2D eigenvalue weighted by Crippen LogP contribution is 2.68. The Bertz CT molecular complexity index is 2050. The number of allylic oxidation sites excluding steroid dienone is 2. The van der Waals surface area contributed by atoms with Gasteiger partial charge in [-0.1, -0.05) is 104 Å². The molecule has 1 heterocycles. The first-order valence-electron chi connectivity index (χ1n) is 35.7. The van der Waals surface area contributed by atoms with Crippen molar-refractivity contribution in [1.82, 2.24) is 25.8 Å². The average Bonchev–Trinajstić information content (AvgIpc) is 1.34. The lowest BCUT2D eigenvalue weighted by molar-refractivity contribution is -0.139. The zero-order chi connectivity index (χ0) is 63.4. The minimum absolute atomic E-state index is 0.000803. The Balaban J connectivity index is 1.01. The number of hydrogen-bond acceptors (Lipinski definition) is 12. The lowest BCUT2D eigenvalue weighted by Crippen LogP contribution is -2.55. The number of nitrogens with zero attached hydrogens (tertiary/aromatic N) is 2. The molecule has 0 spiro atoms. The first-order valence-corrected chi connectivity index (χ1v) is 35.7. The molecule has 5 aliphatic rings. The summed E-state index contributed by atoms with van der Waals surface area (Å²) in [4.78, 5) is 81.7. The number of rotatable bonds is 48. The van der Waals surface area contributed by atoms with Gasteiger partial charge in [0, 0.05) is 70.8 Å². The second kappa shape index (κ2) is 42.6. The largest absolute Gasteiger partial charge is 0.396 e. The highest BCUT2D eigenvalue weighted by Gasteiger charge is 2.60. The number of aliphatic hydroxyl groups is 2. The summed E-state index contributed by atoms with van der Waals surface area (Å²) in [6.45, 7) is 12.9. The van der Waals surface area contributed by atoms with E-state index in [9.17, 15) is 39.0 Å². The van der Waals surface area contributed by atoms with Gasteiger partial charge in [-0.2, -0.15) is 0 Å². The third-order valence-corrected chi connectivity index (χ3v) is 21.6. The van der Waals surface area contributed by atoms with E-state index < -0.39 is 0 Å². The summed E-state index contributed by atoms with van der Waals surface area (Å²) >= 11 is 0. The minimum atomic E-state index is -0.339. The topological polar surface area (TPSA) is 222 Å². The van der Waals surface area contributed by atoms with Gasteiger partial charge in [0.2, 0.25) is 29.5 Å². The van der Waals surface area contributed by atoms with Crippen LogP contribution in [-0.2, 0) is 47.7 Å². The van der Waals surface area contributed by atoms with Gasteiger partial charge in [-0.05, 0) is 162 Å². The Labute approximate surface area is 532 Å². The van der Waals surface area contributed by atoms with Crippen LogP contribution in [0.15, 0.2) is 12.2 Å². The van der Waals surface area contributed by atoms with Gasteiger partial charge in [-0.15, -0.1) is 0 Å². The number of carbonyl (C=O) groups is 6. The standard InChI is InChI=1S/C71H125N5O12/c1-6-7-8-9-10-11-12-13-14-15-16-17-18-19-23-26-66(81)74-58-34-37-70(3)57(49-58)29-30-61-63-32-31-62(71(63,4)38-35-64(61)70)55(2)28-33-68(83)75(51-60(79)25-22-20-21-24-27-69(84)76-50-56(53-77)48-59(76)54-78)52-67(82)73-39-41-86-43-45-88-47-46-87-44-42-85-40-36-65(80)72-5/h13-14,55-59,61-64,77-78H,6-12,15-54H2,1-5H3,(H,72,80)(H,73,82)(H,74,81)/b14-13-/t55?,56-,57?,58+,59+,61?,62?,63?,64?,70+,71-/m1/s1. The van der Waals surface area contributed by atoms with Gasteiger partial charge < -0.3 is 54.9 Å². The highest BCUT2D eigenvalue weighted by molar-refractivity contribution is 5.89. The van der Waals surface area contributed by atoms with Crippen LogP contribution in [0.1, 0.15) is 240 Å². The lowest BCUT2D eigenvalue weighted by atomic mass is 9.44. The van der Waals surface area contributed by atoms with Crippen LogP contribution >= 0.6 is 0 Å². The Morgan fingerprint density at radius 1 is 0.602 bits per heavy atom. The van der Waals surface area contributed by atoms with E-state index in [2.05, 4.69) is 55.8 Å². The minimum Gasteiger partial charge on any atom is -0.396 e. The molecule has 5 amide bonds. The molecule has 5 N–H and O–H groups in total. The maximum atomic E-state index is 14.2. The summed E-state index contributed by atoms with van der Waals surface area (Å²) in [6.07, 6.45) is 38.0. The van der Waals surface area contributed by atoms with Gasteiger partial charge in [0.1, 0.15) is 0 Å². The molecule has 11 atom stereocenters. The molecule has 0 radical (unpaired) electrons. The van der Waals surface area contributed by atoms with Crippen LogP contribution in [0.5, 0.6) is 0 Å². The number of hydrogen-bond donors (Lipinski definition) is 5. The van der Waals surface area contributed by atoms with E-state index in [4.69, 9.17) is 18.9 Å². The van der Waals surface area contributed by atoms with Crippen LogP contribution in [0.3, 0.4) is 0 Å². The molecule has 4 aliphatic carbocycles. The third kappa shape index (κ3) is 25.9. The second-order valence-electron chi connectivity index (χ2n) is 27.9. The monoisotopic (exact) mass is 1240 g/mol. The normalized spacial score (nSPS) is 26.1. The van der Waals surface area contributed by atoms with Crippen molar-refractivity contribution in [1.29, 1.82) is 0 Å². The first kappa shape index (κ1) is 75.2. The highest BCUT2D eigenvalue weighted by atomic mass is 16.6. The van der Waals surface area contributed by atoms with Crippen molar-refractivity contribution < 1.29 is 57.9 Å². The Morgan fingerprint density at radius 2 is 1.20 bits per heavy atom. The van der Waals surface area contributed by atoms with E-state index in [1.165, 1.54) is 120 Å². The fourth-order valence-electron chi connectivity index (χ4n) is 16.5. The predicted molar refractivity (Wildman–Crippen MR) is 347 cm³/mol. The van der Waals surface area contributed by atoms with Crippen LogP contribution in [0.4, 0.5) is 0 Å². The molecule has 0 bridgehead atoms. The van der Waals surface area contributed by atoms with Crippen LogP contribution in [0.25, 0.3) is 0 Å². The van der Waals surface area contributed by atoms with Crippen LogP contribution in [-0.4, -0.2) is 167 Å². The van der Waals surface area contributed by atoms with E-state index >= 15 is 0 Å². The number of carbonyl (C=O) groups excluding carboxylic acids is 6. The number of fused-ring (bicyclic) bond motifs is 5. The van der Waals surface area contributed by atoms with E-state index in [0.717, 1.165) is 50.4 Å². The number of ketones is 1. The molecule has 17 heteroatoms. The third-order valence-electron chi connectivity index (χ3n) is 21.6. The molecule has 5 rings (SSSR count). The maximum Gasteiger partial charge on any atom is 0.239 e. The van der Waals surface area contributed by atoms with Crippen molar-refractivity contribution in [2.75, 3.05) is 99.3 Å². The van der Waals surface area contributed by atoms with Crippen LogP contribution < -0.4 is 16.0 Å². The molecule has 1 saturated heterocycles. The predicted octanol–water partition coefficient (Wildman–Crippen LogP) is 10.8. The molecular weight excluding hydrogens is 1110 g/mol. The molecule has 0 aromatic heterocycles. The van der Waals surface area contributed by atoms with Gasteiger partial charge in [0.15, 0.2) is 5.78 Å². The zero-order valence-electron chi connectivity index (χ0n) is 56.0.